The van der Waals surface area contributed by atoms with Crippen molar-refractivity contribution in [2.45, 2.75) is 38.5 Å². The fourth-order valence-corrected chi connectivity index (χ4v) is 15.7. The van der Waals surface area contributed by atoms with Gasteiger partial charge < -0.3 is 18.9 Å². The molecule has 3 heterocycles. The zero-order valence-electron chi connectivity index (χ0n) is 47.8. The minimum atomic E-state index is -0.164. The molecule has 0 radical (unpaired) electrons. The molecule has 0 spiro atoms. The molecule has 15 aromatic rings. The van der Waals surface area contributed by atoms with Crippen molar-refractivity contribution in [1.29, 1.82) is 0 Å². The molecule has 85 heavy (non-hydrogen) atoms. The van der Waals surface area contributed by atoms with Crippen LogP contribution in [-0.4, -0.2) is 9.13 Å². The average molecular weight is 1110 g/mol. The molecule has 3 aromatic heterocycles. The minimum Gasteiger partial charge on any atom is -0.310 e. The lowest BCUT2D eigenvalue weighted by molar-refractivity contribution is 0.660. The molecule has 0 N–H and O–H groups in total. The van der Waals surface area contributed by atoms with Gasteiger partial charge in [0.1, 0.15) is 0 Å². The Morgan fingerprint density at radius 2 is 0.706 bits per heavy atom. The number of anilines is 6. The van der Waals surface area contributed by atoms with E-state index in [0.717, 1.165) is 45.5 Å². The highest BCUT2D eigenvalue weighted by atomic mass is 32.1. The summed E-state index contributed by atoms with van der Waals surface area (Å²) in [5.74, 6) is 0. The van der Waals surface area contributed by atoms with Crippen molar-refractivity contribution < 1.29 is 0 Å². The van der Waals surface area contributed by atoms with Gasteiger partial charge in [0.25, 0.3) is 0 Å². The third kappa shape index (κ3) is 7.40. The molecule has 0 unspecified atom stereocenters. The standard InChI is InChI=1S/C80H58N4S/c1-79(2)69-27-15-11-23-60(69)62-39-35-57(49-71(62)79)81(55-37-42-76-67(47-55)64-25-13-17-29-73(64)83(76)52-19-7-5-8-20-52)54-33-31-51(32-34-54)59-41-44-75(66-45-46-85-78(59)66)82(58-36-40-63-61-24-12-16-28-70(61)80(3,4)72(63)50-58)56-38-43-77-68(48-56)65-26-14-18-30-74(65)84(77)53-21-9-6-10-22-53/h5-50H,1-4H3. The Kier molecular flexibility index (Phi) is 10.8. The van der Waals surface area contributed by atoms with E-state index in [2.05, 4.69) is 325 Å². The summed E-state index contributed by atoms with van der Waals surface area (Å²) in [6.07, 6.45) is 0. The maximum absolute atomic E-state index is 2.51. The number of fused-ring (bicyclic) bond motifs is 13. The van der Waals surface area contributed by atoms with Gasteiger partial charge in [0.15, 0.2) is 0 Å². The van der Waals surface area contributed by atoms with Crippen LogP contribution in [0.25, 0.3) is 98.5 Å². The summed E-state index contributed by atoms with van der Waals surface area (Å²) in [6.45, 7) is 9.50. The highest BCUT2D eigenvalue weighted by Crippen LogP contribution is 2.54. The highest BCUT2D eigenvalue weighted by molar-refractivity contribution is 7.17. The van der Waals surface area contributed by atoms with E-state index < -0.39 is 0 Å². The Labute approximate surface area is 499 Å². The number of aromatic nitrogens is 2. The molecule has 2 aliphatic rings. The first-order valence-corrected chi connectivity index (χ1v) is 30.4. The Morgan fingerprint density at radius 1 is 0.294 bits per heavy atom. The molecule has 12 aromatic carbocycles. The molecule has 17 rings (SSSR count). The molecular weight excluding hydrogens is 1050 g/mol. The lowest BCUT2D eigenvalue weighted by atomic mass is 9.82. The largest absolute Gasteiger partial charge is 0.310 e. The fourth-order valence-electron chi connectivity index (χ4n) is 14.7. The van der Waals surface area contributed by atoms with Gasteiger partial charge in [-0.05, 0) is 182 Å². The van der Waals surface area contributed by atoms with Gasteiger partial charge in [-0.25, -0.2) is 0 Å². The molecule has 0 fully saturated rings. The third-order valence-corrected chi connectivity index (χ3v) is 19.7. The van der Waals surface area contributed by atoms with Crippen LogP contribution < -0.4 is 9.80 Å². The maximum Gasteiger partial charge on any atom is 0.0548 e. The normalized spacial score (nSPS) is 13.6. The number of rotatable bonds is 9. The van der Waals surface area contributed by atoms with Crippen LogP contribution in [0.2, 0.25) is 0 Å². The van der Waals surface area contributed by atoms with Crippen LogP contribution in [-0.2, 0) is 10.8 Å². The first-order valence-electron chi connectivity index (χ1n) is 29.6. The Balaban J connectivity index is 0.811. The van der Waals surface area contributed by atoms with E-state index in [-0.39, 0.29) is 10.8 Å². The van der Waals surface area contributed by atoms with Gasteiger partial charge in [0.2, 0.25) is 0 Å². The molecule has 5 heteroatoms. The predicted molar refractivity (Wildman–Crippen MR) is 360 cm³/mol. The van der Waals surface area contributed by atoms with Crippen LogP contribution in [0.15, 0.2) is 278 Å². The van der Waals surface area contributed by atoms with E-state index in [0.29, 0.717) is 0 Å². The summed E-state index contributed by atoms with van der Waals surface area (Å²) < 4.78 is 6.05. The molecule has 0 bridgehead atoms. The second-order valence-corrected chi connectivity index (χ2v) is 25.0. The molecule has 0 atom stereocenters. The lowest BCUT2D eigenvalue weighted by Crippen LogP contribution is -2.16. The van der Waals surface area contributed by atoms with Crippen LogP contribution in [0.4, 0.5) is 34.1 Å². The second-order valence-electron chi connectivity index (χ2n) is 24.1. The van der Waals surface area contributed by atoms with Crippen molar-refractivity contribution in [1.82, 2.24) is 9.13 Å². The number of thiophene rings is 1. The van der Waals surface area contributed by atoms with E-state index in [4.69, 9.17) is 0 Å². The fraction of sp³-hybridized carbons (Fsp3) is 0.0750. The van der Waals surface area contributed by atoms with Gasteiger partial charge >= 0.3 is 0 Å². The van der Waals surface area contributed by atoms with Gasteiger partial charge in [0.05, 0.1) is 27.8 Å². The first kappa shape index (κ1) is 49.4. The van der Waals surface area contributed by atoms with Crippen LogP contribution >= 0.6 is 11.3 Å². The summed E-state index contributed by atoms with van der Waals surface area (Å²) in [6, 6.07) is 102. The topological polar surface area (TPSA) is 16.3 Å². The summed E-state index contributed by atoms with van der Waals surface area (Å²) in [5, 5.41) is 8.38. The minimum absolute atomic E-state index is 0.156. The smallest absolute Gasteiger partial charge is 0.0548 e. The van der Waals surface area contributed by atoms with Crippen LogP contribution in [0, 0.1) is 0 Å². The van der Waals surface area contributed by atoms with Crippen LogP contribution in [0.5, 0.6) is 0 Å². The van der Waals surface area contributed by atoms with Gasteiger partial charge in [-0.3, -0.25) is 0 Å². The van der Waals surface area contributed by atoms with Crippen LogP contribution in [0.1, 0.15) is 49.9 Å². The van der Waals surface area contributed by atoms with Crippen molar-refractivity contribution in [3.8, 4) is 44.8 Å². The van der Waals surface area contributed by atoms with E-state index in [1.54, 1.807) is 0 Å². The summed E-state index contributed by atoms with van der Waals surface area (Å²) >= 11 is 1.82. The second kappa shape index (κ2) is 18.7. The van der Waals surface area contributed by atoms with E-state index >= 15 is 0 Å². The number of nitrogens with zero attached hydrogens (tertiary/aromatic N) is 4. The number of para-hydroxylation sites is 4. The molecular formula is C80H58N4S. The summed E-state index contributed by atoms with van der Waals surface area (Å²) in [7, 11) is 0. The average Bonchev–Trinajstić information content (AvgIpc) is 1.89. The number of hydrogen-bond donors (Lipinski definition) is 0. The maximum atomic E-state index is 2.51. The van der Waals surface area contributed by atoms with Gasteiger partial charge in [-0.2, -0.15) is 0 Å². The Bertz CT molecular complexity index is 5190. The number of hydrogen-bond acceptors (Lipinski definition) is 3. The van der Waals surface area contributed by atoms with Crippen molar-refractivity contribution >= 4 is 99.2 Å². The molecule has 404 valence electrons. The van der Waals surface area contributed by atoms with E-state index in [1.165, 1.54) is 109 Å². The first-order chi connectivity index (χ1) is 41.7. The van der Waals surface area contributed by atoms with Gasteiger partial charge in [0, 0.05) is 82.3 Å². The molecule has 0 amide bonds. The van der Waals surface area contributed by atoms with Crippen molar-refractivity contribution in [2.75, 3.05) is 9.80 Å². The van der Waals surface area contributed by atoms with E-state index in [9.17, 15) is 0 Å². The summed E-state index contributed by atoms with van der Waals surface area (Å²) in [4.78, 5) is 4.97. The zero-order valence-corrected chi connectivity index (χ0v) is 48.6. The zero-order chi connectivity index (χ0) is 56.7. The molecule has 0 aliphatic heterocycles. The van der Waals surface area contributed by atoms with Crippen LogP contribution in [0.3, 0.4) is 0 Å². The SMILES string of the molecule is CC1(C)c2ccccc2-c2ccc(N(c3ccc(-c4ccc(N(c5ccc6c(c5)C(C)(C)c5ccccc5-6)c5ccc6c(c5)c5ccccc5n6-c5ccccc5)c5ccsc45)cc3)c3ccc4c(c3)c3ccccc3n4-c3ccccc3)cc21. The highest BCUT2D eigenvalue weighted by Gasteiger charge is 2.37. The third-order valence-electron chi connectivity index (χ3n) is 18.8. The monoisotopic (exact) mass is 1110 g/mol. The van der Waals surface area contributed by atoms with Gasteiger partial charge in [-0.15, -0.1) is 11.3 Å². The Morgan fingerprint density at radius 3 is 1.26 bits per heavy atom. The molecule has 4 nitrogen and oxygen atoms in total. The van der Waals surface area contributed by atoms with Crippen molar-refractivity contribution in [3.05, 3.63) is 301 Å². The summed E-state index contributed by atoms with van der Waals surface area (Å²) in [5.41, 5.74) is 26.6. The predicted octanol–water partition coefficient (Wildman–Crippen LogP) is 22.3. The Hall–Kier alpha value is -10.2. The van der Waals surface area contributed by atoms with Crippen molar-refractivity contribution in [3.63, 3.8) is 0 Å². The van der Waals surface area contributed by atoms with Gasteiger partial charge in [-0.1, -0.05) is 179 Å². The van der Waals surface area contributed by atoms with E-state index in [1.807, 2.05) is 11.3 Å². The molecule has 2 aliphatic carbocycles. The molecule has 0 saturated carbocycles. The number of benzene rings is 12. The molecule has 0 saturated heterocycles. The van der Waals surface area contributed by atoms with Crippen molar-refractivity contribution in [2.24, 2.45) is 0 Å². The lowest BCUT2D eigenvalue weighted by Gasteiger charge is -2.29. The quantitative estimate of drug-likeness (QED) is 0.143.